The fourth-order valence-electron chi connectivity index (χ4n) is 3.18. The van der Waals surface area contributed by atoms with E-state index in [0.29, 0.717) is 0 Å². The summed E-state index contributed by atoms with van der Waals surface area (Å²) in [5, 5.41) is 5.11. The van der Waals surface area contributed by atoms with Gasteiger partial charge in [0.2, 0.25) is 0 Å². The molecule has 0 aliphatic carbocycles. The summed E-state index contributed by atoms with van der Waals surface area (Å²) < 4.78 is 41.4. The van der Waals surface area contributed by atoms with E-state index in [-0.39, 0.29) is 41.4 Å². The first-order valence-corrected chi connectivity index (χ1v) is 10.0. The minimum atomic E-state index is -1.50. The van der Waals surface area contributed by atoms with Crippen LogP contribution in [0.1, 0.15) is 27.7 Å². The fourth-order valence-corrected chi connectivity index (χ4v) is 3.18. The number of allylic oxidation sites excluding steroid dienone is 2. The summed E-state index contributed by atoms with van der Waals surface area (Å²) >= 11 is 0. The number of ether oxygens (including phenoxy) is 3. The first kappa shape index (κ1) is 25.5. The Morgan fingerprint density at radius 3 is 1.94 bits per heavy atom. The molecule has 178 valence electrons. The summed E-state index contributed by atoms with van der Waals surface area (Å²) in [6.45, 7) is 5.42. The lowest BCUT2D eigenvalue weighted by molar-refractivity contribution is -0.153. The van der Waals surface area contributed by atoms with Crippen LogP contribution in [0.2, 0.25) is 0 Å². The lowest BCUT2D eigenvalue weighted by atomic mass is 9.85. The highest BCUT2D eigenvalue weighted by Crippen LogP contribution is 2.32. The zero-order valence-electron chi connectivity index (χ0n) is 18.5. The van der Waals surface area contributed by atoms with Gasteiger partial charge >= 0.3 is 17.9 Å². The van der Waals surface area contributed by atoms with Crippen molar-refractivity contribution < 1.29 is 42.2 Å². The lowest BCUT2D eigenvalue weighted by Gasteiger charge is -2.28. The van der Waals surface area contributed by atoms with Crippen LogP contribution in [0.25, 0.3) is 0 Å². The first-order chi connectivity index (χ1) is 15.6. The van der Waals surface area contributed by atoms with E-state index < -0.39 is 48.0 Å². The summed E-state index contributed by atoms with van der Waals surface area (Å²) in [7, 11) is 0. The second-order valence-electron chi connectivity index (χ2n) is 6.86. The van der Waals surface area contributed by atoms with E-state index in [2.05, 4.69) is 10.6 Å². The van der Waals surface area contributed by atoms with Gasteiger partial charge in [-0.3, -0.25) is 9.59 Å². The van der Waals surface area contributed by atoms with Gasteiger partial charge < -0.3 is 24.8 Å². The number of halogens is 2. The number of carbonyl (C=O) groups excluding carboxylic acids is 4. The molecule has 2 rings (SSSR count). The molecule has 11 heteroatoms. The average Bonchev–Trinajstić information content (AvgIpc) is 2.74. The Hall–Kier alpha value is -3.76. The molecule has 1 aliphatic rings. The molecule has 0 saturated heterocycles. The number of benzene rings is 1. The maximum absolute atomic E-state index is 13.3. The van der Waals surface area contributed by atoms with Crippen molar-refractivity contribution in [3.8, 4) is 0 Å². The Morgan fingerprint density at radius 2 is 1.45 bits per heavy atom. The molecule has 0 spiro atoms. The Balaban J connectivity index is 2.25. The molecule has 0 unspecified atom stereocenters. The number of anilines is 1. The molecule has 2 N–H and O–H groups in total. The van der Waals surface area contributed by atoms with Crippen molar-refractivity contribution in [1.82, 2.24) is 5.32 Å². The number of rotatable bonds is 8. The van der Waals surface area contributed by atoms with Gasteiger partial charge in [-0.05, 0) is 39.8 Å². The fraction of sp³-hybridized carbons (Fsp3) is 0.364. The topological polar surface area (TPSA) is 120 Å². The summed E-state index contributed by atoms with van der Waals surface area (Å²) in [6, 6.07) is 2.71. The maximum atomic E-state index is 13.3. The minimum Gasteiger partial charge on any atom is -0.463 e. The van der Waals surface area contributed by atoms with Gasteiger partial charge in [0.05, 0.1) is 24.4 Å². The molecule has 0 saturated carbocycles. The first-order valence-electron chi connectivity index (χ1n) is 10.0. The quantitative estimate of drug-likeness (QED) is 0.443. The number of hydrogen-bond acceptors (Lipinski definition) is 8. The summed E-state index contributed by atoms with van der Waals surface area (Å²) in [4.78, 5) is 50.2. The van der Waals surface area contributed by atoms with Gasteiger partial charge in [0.15, 0.2) is 18.2 Å². The summed E-state index contributed by atoms with van der Waals surface area (Å²) in [5.41, 5.74) is 0.176. The molecule has 0 aromatic heterocycles. The third-order valence-corrected chi connectivity index (χ3v) is 4.54. The normalized spacial score (nSPS) is 13.9. The molecule has 1 heterocycles. The van der Waals surface area contributed by atoms with Gasteiger partial charge in [-0.25, -0.2) is 18.4 Å². The zero-order chi connectivity index (χ0) is 24.7. The van der Waals surface area contributed by atoms with E-state index in [9.17, 15) is 28.0 Å². The molecule has 0 fully saturated rings. The van der Waals surface area contributed by atoms with Gasteiger partial charge in [0, 0.05) is 23.1 Å². The predicted molar refractivity (Wildman–Crippen MR) is 111 cm³/mol. The summed E-state index contributed by atoms with van der Waals surface area (Å²) in [6.07, 6.45) is 0. The van der Waals surface area contributed by atoms with Crippen LogP contribution in [0.3, 0.4) is 0 Å². The Kier molecular flexibility index (Phi) is 8.66. The van der Waals surface area contributed by atoms with Crippen LogP contribution in [0.4, 0.5) is 14.5 Å². The van der Waals surface area contributed by atoms with Crippen LogP contribution in [-0.4, -0.2) is 43.6 Å². The van der Waals surface area contributed by atoms with Crippen LogP contribution in [0.5, 0.6) is 0 Å². The number of esters is 3. The third kappa shape index (κ3) is 6.15. The van der Waals surface area contributed by atoms with Crippen molar-refractivity contribution in [1.29, 1.82) is 0 Å². The van der Waals surface area contributed by atoms with E-state index in [1.807, 2.05) is 0 Å². The van der Waals surface area contributed by atoms with Crippen molar-refractivity contribution in [3.05, 3.63) is 52.4 Å². The van der Waals surface area contributed by atoms with Crippen molar-refractivity contribution >= 4 is 29.5 Å². The molecule has 0 bridgehead atoms. The van der Waals surface area contributed by atoms with Crippen LogP contribution in [0, 0.1) is 17.6 Å². The number of hydrogen-bond donors (Lipinski definition) is 2. The van der Waals surface area contributed by atoms with Gasteiger partial charge in [-0.15, -0.1) is 0 Å². The molecule has 1 aromatic carbocycles. The Morgan fingerprint density at radius 1 is 0.909 bits per heavy atom. The zero-order valence-corrected chi connectivity index (χ0v) is 18.5. The second-order valence-corrected chi connectivity index (χ2v) is 6.86. The van der Waals surface area contributed by atoms with E-state index in [1.165, 1.54) is 13.8 Å². The van der Waals surface area contributed by atoms with Crippen LogP contribution in [-0.2, 0) is 33.4 Å². The maximum Gasteiger partial charge on any atom is 0.337 e. The summed E-state index contributed by atoms with van der Waals surface area (Å²) in [5.74, 6) is -7.36. The number of dihydropyridines is 1. The monoisotopic (exact) mass is 466 g/mol. The highest BCUT2D eigenvalue weighted by Gasteiger charge is 2.42. The Labute approximate surface area is 188 Å². The predicted octanol–water partition coefficient (Wildman–Crippen LogP) is 2.34. The van der Waals surface area contributed by atoms with Gasteiger partial charge in [-0.2, -0.15) is 0 Å². The van der Waals surface area contributed by atoms with Crippen molar-refractivity contribution in [2.45, 2.75) is 27.7 Å². The molecule has 0 radical (unpaired) electrons. The molecule has 9 nitrogen and oxygen atoms in total. The minimum absolute atomic E-state index is 0.0193. The standard InChI is InChI=1S/C22H24F2N2O7/c1-5-31-20(28)17-11(3)25-12(4)18(21(29)32-6-2)19(17)22(30)33-10-16(27)26-13-7-8-14(23)15(24)9-13/h7-9,19,25H,5-6,10H2,1-4H3,(H,26,27). The molecule has 0 atom stereocenters. The smallest absolute Gasteiger partial charge is 0.337 e. The third-order valence-electron chi connectivity index (χ3n) is 4.54. The van der Waals surface area contributed by atoms with Crippen molar-refractivity contribution in [2.24, 2.45) is 5.92 Å². The molecule has 1 aromatic rings. The second kappa shape index (κ2) is 11.2. The van der Waals surface area contributed by atoms with E-state index in [0.717, 1.165) is 18.2 Å². The average molecular weight is 466 g/mol. The number of amides is 1. The highest BCUT2D eigenvalue weighted by molar-refractivity contribution is 6.06. The van der Waals surface area contributed by atoms with Crippen LogP contribution in [0.15, 0.2) is 40.7 Å². The van der Waals surface area contributed by atoms with Gasteiger partial charge in [0.1, 0.15) is 5.92 Å². The molecule has 33 heavy (non-hydrogen) atoms. The van der Waals surface area contributed by atoms with Gasteiger partial charge in [-0.1, -0.05) is 0 Å². The van der Waals surface area contributed by atoms with Crippen LogP contribution < -0.4 is 10.6 Å². The SMILES string of the molecule is CCOC(=O)C1=C(C)NC(C)=C(C(=O)OCC)C1C(=O)OCC(=O)Nc1ccc(F)c(F)c1. The lowest BCUT2D eigenvalue weighted by Crippen LogP contribution is -2.39. The Bertz CT molecular complexity index is 994. The highest BCUT2D eigenvalue weighted by atomic mass is 19.2. The number of carbonyl (C=O) groups is 4. The van der Waals surface area contributed by atoms with E-state index in [1.54, 1.807) is 13.8 Å². The largest absolute Gasteiger partial charge is 0.463 e. The van der Waals surface area contributed by atoms with Crippen LogP contribution >= 0.6 is 0 Å². The van der Waals surface area contributed by atoms with Crippen molar-refractivity contribution in [2.75, 3.05) is 25.1 Å². The molecule has 1 amide bonds. The van der Waals surface area contributed by atoms with E-state index >= 15 is 0 Å². The molecular formula is C22H24F2N2O7. The van der Waals surface area contributed by atoms with Crippen molar-refractivity contribution in [3.63, 3.8) is 0 Å². The molecular weight excluding hydrogens is 442 g/mol. The number of nitrogens with one attached hydrogen (secondary N) is 2. The van der Waals surface area contributed by atoms with Gasteiger partial charge in [0.25, 0.3) is 5.91 Å². The van der Waals surface area contributed by atoms with E-state index in [4.69, 9.17) is 14.2 Å². The molecule has 1 aliphatic heterocycles.